The highest BCUT2D eigenvalue weighted by molar-refractivity contribution is 5.35. The zero-order valence-corrected chi connectivity index (χ0v) is 11.5. The molecule has 0 saturated heterocycles. The fourth-order valence-corrected chi connectivity index (χ4v) is 1.78. The number of anilines is 1. The van der Waals surface area contributed by atoms with E-state index in [4.69, 9.17) is 0 Å². The molecular weight excluding hydrogens is 212 g/mol. The predicted molar refractivity (Wildman–Crippen MR) is 72.4 cm³/mol. The molecule has 1 aromatic heterocycles. The lowest BCUT2D eigenvalue weighted by Gasteiger charge is -2.18. The Bertz CT molecular complexity index is 334. The number of aryl methyl sites for hydroxylation is 2. The van der Waals surface area contributed by atoms with Crippen LogP contribution in [-0.2, 0) is 6.42 Å². The average molecular weight is 236 g/mol. The summed E-state index contributed by atoms with van der Waals surface area (Å²) in [6, 6.07) is 2.04. The van der Waals surface area contributed by atoms with Crippen LogP contribution in [-0.4, -0.2) is 41.0 Å². The number of rotatable bonds is 7. The number of nitrogens with one attached hydrogen (secondary N) is 1. The molecule has 1 aromatic rings. The second-order valence-corrected chi connectivity index (χ2v) is 4.10. The number of hydrogen-bond acceptors (Lipinski definition) is 4. The third kappa shape index (κ3) is 4.69. The van der Waals surface area contributed by atoms with Crippen LogP contribution in [0.2, 0.25) is 0 Å². The summed E-state index contributed by atoms with van der Waals surface area (Å²) in [7, 11) is 0. The molecule has 1 N–H and O–H groups in total. The molecule has 0 saturated carbocycles. The lowest BCUT2D eigenvalue weighted by Crippen LogP contribution is -2.28. The van der Waals surface area contributed by atoms with Gasteiger partial charge in [0, 0.05) is 24.8 Å². The average Bonchev–Trinajstić information content (AvgIpc) is 2.34. The molecule has 0 aliphatic heterocycles. The van der Waals surface area contributed by atoms with Crippen molar-refractivity contribution in [3.63, 3.8) is 0 Å². The Morgan fingerprint density at radius 3 is 2.47 bits per heavy atom. The Labute approximate surface area is 104 Å². The summed E-state index contributed by atoms with van der Waals surface area (Å²) in [4.78, 5) is 11.1. The Hall–Kier alpha value is -1.16. The van der Waals surface area contributed by atoms with Crippen LogP contribution in [0, 0.1) is 6.92 Å². The van der Waals surface area contributed by atoms with Gasteiger partial charge in [-0.05, 0) is 26.4 Å². The molecule has 17 heavy (non-hydrogen) atoms. The van der Waals surface area contributed by atoms with Crippen molar-refractivity contribution in [2.24, 2.45) is 0 Å². The molecule has 0 aliphatic rings. The van der Waals surface area contributed by atoms with E-state index in [1.54, 1.807) is 0 Å². The van der Waals surface area contributed by atoms with E-state index < -0.39 is 0 Å². The largest absolute Gasteiger partial charge is 0.369 e. The molecule has 1 rings (SSSR count). The van der Waals surface area contributed by atoms with E-state index in [-0.39, 0.29) is 0 Å². The van der Waals surface area contributed by atoms with Gasteiger partial charge in [-0.1, -0.05) is 20.8 Å². The Morgan fingerprint density at radius 1 is 1.18 bits per heavy atom. The minimum Gasteiger partial charge on any atom is -0.369 e. The van der Waals surface area contributed by atoms with Crippen LogP contribution in [0.25, 0.3) is 0 Å². The highest BCUT2D eigenvalue weighted by Gasteiger charge is 2.01. The van der Waals surface area contributed by atoms with Crippen molar-refractivity contribution >= 4 is 5.82 Å². The van der Waals surface area contributed by atoms with E-state index in [1.165, 1.54) is 0 Å². The fraction of sp³-hybridized carbons (Fsp3) is 0.692. The summed E-state index contributed by atoms with van der Waals surface area (Å²) >= 11 is 0. The molecule has 0 unspecified atom stereocenters. The maximum absolute atomic E-state index is 4.39. The van der Waals surface area contributed by atoms with Gasteiger partial charge in [-0.2, -0.15) is 0 Å². The summed E-state index contributed by atoms with van der Waals surface area (Å²) in [5.74, 6) is 1.79. The maximum Gasteiger partial charge on any atom is 0.129 e. The predicted octanol–water partition coefficient (Wildman–Crippen LogP) is 2.10. The van der Waals surface area contributed by atoms with E-state index >= 15 is 0 Å². The van der Waals surface area contributed by atoms with Gasteiger partial charge in [0.1, 0.15) is 11.6 Å². The Balaban J connectivity index is 2.48. The molecule has 0 bridgehead atoms. The molecule has 0 aliphatic carbocycles. The molecule has 0 radical (unpaired) electrons. The van der Waals surface area contributed by atoms with Crippen LogP contribution in [0.3, 0.4) is 0 Å². The lowest BCUT2D eigenvalue weighted by atomic mass is 10.3. The molecule has 4 heteroatoms. The molecule has 1 heterocycles. The van der Waals surface area contributed by atoms with Crippen molar-refractivity contribution in [2.75, 3.05) is 31.5 Å². The summed E-state index contributed by atoms with van der Waals surface area (Å²) in [6.07, 6.45) is 0.952. The molecule has 4 nitrogen and oxygen atoms in total. The van der Waals surface area contributed by atoms with Crippen LogP contribution >= 0.6 is 0 Å². The molecule has 0 spiro atoms. The topological polar surface area (TPSA) is 41.0 Å². The first-order valence-electron chi connectivity index (χ1n) is 6.50. The molecule has 0 aromatic carbocycles. The third-order valence-corrected chi connectivity index (χ3v) is 2.88. The number of likely N-dealkylation sites (N-methyl/N-ethyl adjacent to an activating group) is 1. The monoisotopic (exact) mass is 236 g/mol. The van der Waals surface area contributed by atoms with Gasteiger partial charge >= 0.3 is 0 Å². The van der Waals surface area contributed by atoms with Gasteiger partial charge in [0.15, 0.2) is 0 Å². The highest BCUT2D eigenvalue weighted by Crippen LogP contribution is 2.06. The van der Waals surface area contributed by atoms with E-state index in [0.717, 1.165) is 49.9 Å². The van der Waals surface area contributed by atoms with Gasteiger partial charge in [0.2, 0.25) is 0 Å². The standard InChI is InChI=1S/C13H24N4/c1-5-12-10-13(16-11(4)15-12)14-8-9-17(6-2)7-3/h10H,5-9H2,1-4H3,(H,14,15,16). The number of aromatic nitrogens is 2. The first-order chi connectivity index (χ1) is 8.19. The minimum atomic E-state index is 0.842. The minimum absolute atomic E-state index is 0.842. The second kappa shape index (κ2) is 7.22. The normalized spacial score (nSPS) is 10.9. The van der Waals surface area contributed by atoms with Gasteiger partial charge in [0.05, 0.1) is 0 Å². The maximum atomic E-state index is 4.39. The second-order valence-electron chi connectivity index (χ2n) is 4.10. The van der Waals surface area contributed by atoms with E-state index in [2.05, 4.69) is 41.0 Å². The summed E-state index contributed by atoms with van der Waals surface area (Å²) in [5, 5.41) is 3.37. The van der Waals surface area contributed by atoms with Crippen LogP contribution in [0.15, 0.2) is 6.07 Å². The third-order valence-electron chi connectivity index (χ3n) is 2.88. The quantitative estimate of drug-likeness (QED) is 0.787. The molecule has 0 atom stereocenters. The van der Waals surface area contributed by atoms with Gasteiger partial charge in [-0.15, -0.1) is 0 Å². The Kier molecular flexibility index (Phi) is 5.91. The first-order valence-corrected chi connectivity index (χ1v) is 6.50. The summed E-state index contributed by atoms with van der Waals surface area (Å²) < 4.78 is 0. The van der Waals surface area contributed by atoms with Gasteiger partial charge in [0.25, 0.3) is 0 Å². The van der Waals surface area contributed by atoms with E-state index in [9.17, 15) is 0 Å². The molecular formula is C13H24N4. The fourth-order valence-electron chi connectivity index (χ4n) is 1.78. The zero-order valence-electron chi connectivity index (χ0n) is 11.5. The number of nitrogens with zero attached hydrogens (tertiary/aromatic N) is 3. The summed E-state index contributed by atoms with van der Waals surface area (Å²) in [5.41, 5.74) is 1.10. The van der Waals surface area contributed by atoms with Gasteiger partial charge in [-0.3, -0.25) is 0 Å². The SMILES string of the molecule is CCc1cc(NCCN(CC)CC)nc(C)n1. The van der Waals surface area contributed by atoms with E-state index in [1.807, 2.05) is 13.0 Å². The first kappa shape index (κ1) is 13.9. The van der Waals surface area contributed by atoms with Crippen molar-refractivity contribution in [2.45, 2.75) is 34.1 Å². The van der Waals surface area contributed by atoms with Crippen molar-refractivity contribution < 1.29 is 0 Å². The van der Waals surface area contributed by atoms with Crippen LogP contribution < -0.4 is 5.32 Å². The van der Waals surface area contributed by atoms with Crippen LogP contribution in [0.5, 0.6) is 0 Å². The molecule has 0 amide bonds. The molecule has 0 fully saturated rings. The van der Waals surface area contributed by atoms with Crippen LogP contribution in [0.4, 0.5) is 5.82 Å². The smallest absolute Gasteiger partial charge is 0.129 e. The van der Waals surface area contributed by atoms with Crippen molar-refractivity contribution in [1.29, 1.82) is 0 Å². The van der Waals surface area contributed by atoms with Crippen molar-refractivity contribution in [3.05, 3.63) is 17.6 Å². The molecule has 96 valence electrons. The summed E-state index contributed by atoms with van der Waals surface area (Å²) in [6.45, 7) is 12.6. The van der Waals surface area contributed by atoms with Crippen molar-refractivity contribution in [3.8, 4) is 0 Å². The highest BCUT2D eigenvalue weighted by atomic mass is 15.1. The van der Waals surface area contributed by atoms with Gasteiger partial charge in [-0.25, -0.2) is 9.97 Å². The number of hydrogen-bond donors (Lipinski definition) is 1. The van der Waals surface area contributed by atoms with Gasteiger partial charge < -0.3 is 10.2 Å². The Morgan fingerprint density at radius 2 is 1.88 bits per heavy atom. The van der Waals surface area contributed by atoms with Crippen molar-refractivity contribution in [1.82, 2.24) is 14.9 Å². The lowest BCUT2D eigenvalue weighted by molar-refractivity contribution is 0.316. The zero-order chi connectivity index (χ0) is 12.7. The van der Waals surface area contributed by atoms with Crippen LogP contribution in [0.1, 0.15) is 32.3 Å². The van der Waals surface area contributed by atoms with E-state index in [0.29, 0.717) is 0 Å².